The monoisotopic (exact) mass is 309 g/mol. The third kappa shape index (κ3) is 3.70. The zero-order valence-corrected chi connectivity index (χ0v) is 13.7. The number of benzene rings is 1. The summed E-state index contributed by atoms with van der Waals surface area (Å²) in [6.45, 7) is 6.40. The number of nitrogens with zero attached hydrogens (tertiary/aromatic N) is 2. The van der Waals surface area contributed by atoms with Crippen LogP contribution in [0.2, 0.25) is 0 Å². The van der Waals surface area contributed by atoms with Gasteiger partial charge in [-0.25, -0.2) is 4.98 Å². The average molecular weight is 309 g/mol. The molecule has 3 rings (SSSR count). The van der Waals surface area contributed by atoms with Crippen molar-refractivity contribution < 1.29 is 4.79 Å². The summed E-state index contributed by atoms with van der Waals surface area (Å²) < 4.78 is 0. The highest BCUT2D eigenvalue weighted by Gasteiger charge is 2.16. The summed E-state index contributed by atoms with van der Waals surface area (Å²) in [6, 6.07) is 11.5. The molecule has 0 aliphatic carbocycles. The van der Waals surface area contributed by atoms with Gasteiger partial charge in [-0.05, 0) is 49.4 Å². The number of nitrogens with one attached hydrogen (secondary N) is 1. The third-order valence-corrected chi connectivity index (χ3v) is 4.53. The Kier molecular flexibility index (Phi) is 4.60. The molecule has 0 radical (unpaired) electrons. The van der Waals surface area contributed by atoms with Crippen LogP contribution in [0.1, 0.15) is 35.7 Å². The first-order chi connectivity index (χ1) is 11.1. The topological polar surface area (TPSA) is 45.2 Å². The Balaban J connectivity index is 1.66. The van der Waals surface area contributed by atoms with Gasteiger partial charge in [-0.1, -0.05) is 25.1 Å². The number of carbonyl (C=O) groups is 1. The SMILES string of the molecule is Cc1ccccc1C(=O)Nc1ccc(N2CCC(C)CC2)cn1. The summed E-state index contributed by atoms with van der Waals surface area (Å²) in [4.78, 5) is 19.1. The van der Waals surface area contributed by atoms with Crippen molar-refractivity contribution in [1.29, 1.82) is 0 Å². The Labute approximate surface area is 137 Å². The highest BCUT2D eigenvalue weighted by atomic mass is 16.1. The van der Waals surface area contributed by atoms with Gasteiger partial charge in [0.25, 0.3) is 5.91 Å². The summed E-state index contributed by atoms with van der Waals surface area (Å²) in [6.07, 6.45) is 4.31. The number of hydrogen-bond acceptors (Lipinski definition) is 3. The van der Waals surface area contributed by atoms with Crippen LogP contribution in [0.3, 0.4) is 0 Å². The molecule has 1 aromatic heterocycles. The normalized spacial score (nSPS) is 15.5. The van der Waals surface area contributed by atoms with Crippen molar-refractivity contribution in [3.63, 3.8) is 0 Å². The number of pyridine rings is 1. The van der Waals surface area contributed by atoms with Crippen molar-refractivity contribution in [2.45, 2.75) is 26.7 Å². The molecule has 1 saturated heterocycles. The number of piperidine rings is 1. The maximum atomic E-state index is 12.3. The highest BCUT2D eigenvalue weighted by Crippen LogP contribution is 2.23. The fourth-order valence-electron chi connectivity index (χ4n) is 2.93. The van der Waals surface area contributed by atoms with Gasteiger partial charge in [0.1, 0.15) is 5.82 Å². The number of rotatable bonds is 3. The summed E-state index contributed by atoms with van der Waals surface area (Å²) >= 11 is 0. The molecule has 0 unspecified atom stereocenters. The van der Waals surface area contributed by atoms with E-state index >= 15 is 0 Å². The van der Waals surface area contributed by atoms with E-state index in [9.17, 15) is 4.79 Å². The van der Waals surface area contributed by atoms with E-state index in [1.165, 1.54) is 12.8 Å². The molecule has 0 spiro atoms. The smallest absolute Gasteiger partial charge is 0.257 e. The number of anilines is 2. The van der Waals surface area contributed by atoms with Crippen LogP contribution in [-0.2, 0) is 0 Å². The Bertz CT molecular complexity index is 673. The lowest BCUT2D eigenvalue weighted by molar-refractivity contribution is 0.102. The fraction of sp³-hybridized carbons (Fsp3) is 0.368. The van der Waals surface area contributed by atoms with Gasteiger partial charge in [-0.2, -0.15) is 0 Å². The minimum absolute atomic E-state index is 0.116. The molecule has 120 valence electrons. The molecule has 23 heavy (non-hydrogen) atoms. The van der Waals surface area contributed by atoms with E-state index in [4.69, 9.17) is 0 Å². The predicted octanol–water partition coefficient (Wildman–Crippen LogP) is 3.88. The molecule has 1 amide bonds. The van der Waals surface area contributed by atoms with Crippen molar-refractivity contribution in [3.05, 3.63) is 53.7 Å². The molecule has 1 fully saturated rings. The maximum absolute atomic E-state index is 12.3. The molecule has 1 aliphatic rings. The summed E-state index contributed by atoms with van der Waals surface area (Å²) in [7, 11) is 0. The molecule has 0 atom stereocenters. The third-order valence-electron chi connectivity index (χ3n) is 4.53. The second-order valence-corrected chi connectivity index (χ2v) is 6.34. The van der Waals surface area contributed by atoms with E-state index in [1.54, 1.807) is 0 Å². The van der Waals surface area contributed by atoms with E-state index in [0.29, 0.717) is 11.4 Å². The van der Waals surface area contributed by atoms with E-state index < -0.39 is 0 Å². The molecule has 1 aromatic carbocycles. The van der Waals surface area contributed by atoms with E-state index in [1.807, 2.05) is 49.5 Å². The minimum Gasteiger partial charge on any atom is -0.370 e. The minimum atomic E-state index is -0.116. The van der Waals surface area contributed by atoms with Gasteiger partial charge < -0.3 is 10.2 Å². The van der Waals surface area contributed by atoms with Gasteiger partial charge in [-0.15, -0.1) is 0 Å². The molecule has 2 aromatic rings. The van der Waals surface area contributed by atoms with Crippen LogP contribution in [-0.4, -0.2) is 24.0 Å². The average Bonchev–Trinajstić information content (AvgIpc) is 2.57. The largest absolute Gasteiger partial charge is 0.370 e. The zero-order valence-electron chi connectivity index (χ0n) is 13.7. The molecule has 4 heteroatoms. The molecule has 1 N–H and O–H groups in total. The van der Waals surface area contributed by atoms with Crippen LogP contribution < -0.4 is 10.2 Å². The lowest BCUT2D eigenvalue weighted by atomic mass is 9.99. The first kappa shape index (κ1) is 15.5. The summed E-state index contributed by atoms with van der Waals surface area (Å²) in [5, 5.41) is 2.87. The molecular weight excluding hydrogens is 286 g/mol. The fourth-order valence-corrected chi connectivity index (χ4v) is 2.93. The molecular formula is C19H23N3O. The maximum Gasteiger partial charge on any atom is 0.257 e. The van der Waals surface area contributed by atoms with Crippen LogP contribution in [0, 0.1) is 12.8 Å². The van der Waals surface area contributed by atoms with E-state index in [0.717, 1.165) is 30.3 Å². The van der Waals surface area contributed by atoms with E-state index in [2.05, 4.69) is 22.1 Å². The second kappa shape index (κ2) is 6.82. The standard InChI is InChI=1S/C19H23N3O/c1-14-9-11-22(12-10-14)16-7-8-18(20-13-16)21-19(23)17-6-4-3-5-15(17)2/h3-8,13-14H,9-12H2,1-2H3,(H,20,21,23). The molecule has 0 saturated carbocycles. The van der Waals surface area contributed by atoms with Crippen LogP contribution in [0.15, 0.2) is 42.6 Å². The lowest BCUT2D eigenvalue weighted by Gasteiger charge is -2.31. The van der Waals surface area contributed by atoms with Crippen LogP contribution in [0.4, 0.5) is 11.5 Å². The van der Waals surface area contributed by atoms with Gasteiger partial charge in [-0.3, -0.25) is 4.79 Å². The van der Waals surface area contributed by atoms with Crippen LogP contribution >= 0.6 is 0 Å². The Morgan fingerprint density at radius 2 is 1.91 bits per heavy atom. The predicted molar refractivity (Wildman–Crippen MR) is 94.0 cm³/mol. The number of aryl methyl sites for hydroxylation is 1. The first-order valence-electron chi connectivity index (χ1n) is 8.21. The Morgan fingerprint density at radius 3 is 2.57 bits per heavy atom. The molecule has 2 heterocycles. The first-order valence-corrected chi connectivity index (χ1v) is 8.21. The summed E-state index contributed by atoms with van der Waals surface area (Å²) in [5.74, 6) is 1.29. The lowest BCUT2D eigenvalue weighted by Crippen LogP contribution is -2.32. The molecule has 1 aliphatic heterocycles. The van der Waals surface area contributed by atoms with Gasteiger partial charge in [0.05, 0.1) is 11.9 Å². The Morgan fingerprint density at radius 1 is 1.17 bits per heavy atom. The van der Waals surface area contributed by atoms with Gasteiger partial charge in [0.2, 0.25) is 0 Å². The van der Waals surface area contributed by atoms with Crippen LogP contribution in [0.5, 0.6) is 0 Å². The highest BCUT2D eigenvalue weighted by molar-refractivity contribution is 6.04. The number of aromatic nitrogens is 1. The second-order valence-electron chi connectivity index (χ2n) is 6.34. The number of carbonyl (C=O) groups excluding carboxylic acids is 1. The van der Waals surface area contributed by atoms with Crippen molar-refractivity contribution in [2.75, 3.05) is 23.3 Å². The number of hydrogen-bond donors (Lipinski definition) is 1. The zero-order chi connectivity index (χ0) is 16.2. The van der Waals surface area contributed by atoms with Crippen molar-refractivity contribution in [1.82, 2.24) is 4.98 Å². The molecule has 0 bridgehead atoms. The van der Waals surface area contributed by atoms with Crippen molar-refractivity contribution in [3.8, 4) is 0 Å². The van der Waals surface area contributed by atoms with E-state index in [-0.39, 0.29) is 5.91 Å². The van der Waals surface area contributed by atoms with Crippen LogP contribution in [0.25, 0.3) is 0 Å². The summed E-state index contributed by atoms with van der Waals surface area (Å²) in [5.41, 5.74) is 2.78. The van der Waals surface area contributed by atoms with Crippen molar-refractivity contribution in [2.24, 2.45) is 5.92 Å². The van der Waals surface area contributed by atoms with Gasteiger partial charge in [0.15, 0.2) is 0 Å². The molecule has 4 nitrogen and oxygen atoms in total. The van der Waals surface area contributed by atoms with Gasteiger partial charge >= 0.3 is 0 Å². The Hall–Kier alpha value is -2.36. The quantitative estimate of drug-likeness (QED) is 0.936. The van der Waals surface area contributed by atoms with Crippen molar-refractivity contribution >= 4 is 17.4 Å². The van der Waals surface area contributed by atoms with Gasteiger partial charge in [0, 0.05) is 18.7 Å². The number of amides is 1.